The van der Waals surface area contributed by atoms with Crippen molar-refractivity contribution < 1.29 is 8.83 Å². The molecule has 0 N–H and O–H groups in total. The van der Waals surface area contributed by atoms with E-state index in [-0.39, 0.29) is 0 Å². The summed E-state index contributed by atoms with van der Waals surface area (Å²) in [6.45, 7) is 0. The molecule has 284 valence electrons. The van der Waals surface area contributed by atoms with Crippen LogP contribution in [0.4, 0.5) is 0 Å². The van der Waals surface area contributed by atoms with E-state index in [0.29, 0.717) is 0 Å². The van der Waals surface area contributed by atoms with Gasteiger partial charge in [-0.15, -0.1) is 0 Å². The summed E-state index contributed by atoms with van der Waals surface area (Å²) in [6, 6.07) is 76.1. The van der Waals surface area contributed by atoms with Crippen LogP contribution in [0.15, 0.2) is 221 Å². The number of fused-ring (bicyclic) bond motifs is 10. The highest BCUT2D eigenvalue weighted by atomic mass is 16.3. The summed E-state index contributed by atoms with van der Waals surface area (Å²) in [5, 5.41) is 10.5. The van der Waals surface area contributed by atoms with Gasteiger partial charge in [-0.25, -0.2) is 0 Å². The lowest BCUT2D eigenvalue weighted by molar-refractivity contribution is 0.631. The second-order valence-corrected chi connectivity index (χ2v) is 15.9. The third-order valence-electron chi connectivity index (χ3n) is 12.6. The number of furan rings is 2. The number of hydrogen-bond donors (Lipinski definition) is 0. The third kappa shape index (κ3) is 5.04. The normalized spacial score (nSPS) is 11.9. The summed E-state index contributed by atoms with van der Waals surface area (Å²) in [5.41, 5.74) is 14.0. The molecular formula is C58H35NO2. The molecule has 3 aromatic heterocycles. The summed E-state index contributed by atoms with van der Waals surface area (Å²) in [7, 11) is 0. The van der Waals surface area contributed by atoms with Gasteiger partial charge in [0.15, 0.2) is 0 Å². The number of rotatable bonds is 5. The van der Waals surface area contributed by atoms with E-state index in [0.717, 1.165) is 66.6 Å². The van der Waals surface area contributed by atoms with E-state index >= 15 is 0 Å². The predicted octanol–water partition coefficient (Wildman–Crippen LogP) is 16.4. The van der Waals surface area contributed by atoms with Gasteiger partial charge in [-0.3, -0.25) is 0 Å². The molecule has 0 fully saturated rings. The zero-order chi connectivity index (χ0) is 40.0. The van der Waals surface area contributed by atoms with Crippen molar-refractivity contribution >= 4 is 76.3 Å². The molecule has 61 heavy (non-hydrogen) atoms. The van der Waals surface area contributed by atoms with Crippen molar-refractivity contribution in [2.24, 2.45) is 0 Å². The molecule has 0 radical (unpaired) electrons. The number of aromatic nitrogens is 1. The number of hydrogen-bond acceptors (Lipinski definition) is 2. The molecule has 3 heteroatoms. The Kier molecular flexibility index (Phi) is 7.31. The topological polar surface area (TPSA) is 31.2 Å². The van der Waals surface area contributed by atoms with Crippen LogP contribution in [0.5, 0.6) is 0 Å². The third-order valence-corrected chi connectivity index (χ3v) is 12.6. The zero-order valence-electron chi connectivity index (χ0n) is 33.0. The maximum Gasteiger partial charge on any atom is 0.147 e. The van der Waals surface area contributed by atoms with Gasteiger partial charge in [0, 0.05) is 38.4 Å². The van der Waals surface area contributed by atoms with Crippen molar-refractivity contribution in [3.8, 4) is 50.4 Å². The lowest BCUT2D eigenvalue weighted by Crippen LogP contribution is -1.93. The van der Waals surface area contributed by atoms with Crippen molar-refractivity contribution in [3.05, 3.63) is 212 Å². The molecule has 10 aromatic carbocycles. The fourth-order valence-electron chi connectivity index (χ4n) is 9.98. The summed E-state index contributed by atoms with van der Waals surface area (Å²) >= 11 is 0. The van der Waals surface area contributed by atoms with E-state index in [1.165, 1.54) is 60.0 Å². The smallest absolute Gasteiger partial charge is 0.147 e. The predicted molar refractivity (Wildman–Crippen MR) is 255 cm³/mol. The van der Waals surface area contributed by atoms with Crippen molar-refractivity contribution in [3.63, 3.8) is 0 Å². The van der Waals surface area contributed by atoms with E-state index in [1.807, 2.05) is 6.07 Å². The molecule has 3 heterocycles. The van der Waals surface area contributed by atoms with E-state index in [4.69, 9.17) is 8.83 Å². The minimum atomic E-state index is 0.805. The Bertz CT molecular complexity index is 3800. The average Bonchev–Trinajstić information content (AvgIpc) is 4.01. The Hall–Kier alpha value is -8.14. The van der Waals surface area contributed by atoms with Crippen molar-refractivity contribution in [2.75, 3.05) is 0 Å². The number of nitrogens with zero attached hydrogens (tertiary/aromatic N) is 1. The highest BCUT2D eigenvalue weighted by Gasteiger charge is 2.24. The fraction of sp³-hybridized carbons (Fsp3) is 0. The molecular weight excluding hydrogens is 743 g/mol. The lowest BCUT2D eigenvalue weighted by atomic mass is 9.85. The highest BCUT2D eigenvalue weighted by Crippen LogP contribution is 2.49. The summed E-state index contributed by atoms with van der Waals surface area (Å²) in [4.78, 5) is 0. The second-order valence-electron chi connectivity index (χ2n) is 15.9. The van der Waals surface area contributed by atoms with Gasteiger partial charge in [0.05, 0.1) is 16.4 Å². The van der Waals surface area contributed by atoms with Gasteiger partial charge in [-0.1, -0.05) is 158 Å². The van der Waals surface area contributed by atoms with Gasteiger partial charge in [-0.2, -0.15) is 0 Å². The molecule has 0 saturated heterocycles. The molecule has 13 rings (SSSR count). The standard InChI is InChI=1S/C58H35NO2/c1-4-16-36(17-5-1)55-56-52(61-57(55)37-18-6-2-7-19-37)33-30-46-48-35-39(29-32-51(48)60-58(46)56)54-44-25-12-10-23-42(44)53(43-24-11-13-26-45(43)54)38-28-31-50-47(34-38)41-22-14-15-27-49(41)59(50)40-20-8-3-9-21-40/h1-35H. The largest absolute Gasteiger partial charge is 0.455 e. The first-order chi connectivity index (χ1) is 30.3. The monoisotopic (exact) mass is 777 g/mol. The van der Waals surface area contributed by atoms with E-state index in [2.05, 4.69) is 211 Å². The van der Waals surface area contributed by atoms with Crippen LogP contribution in [0, 0.1) is 0 Å². The Labute approximate surface area is 350 Å². The molecule has 0 unspecified atom stereocenters. The molecule has 0 aliphatic carbocycles. The minimum Gasteiger partial charge on any atom is -0.455 e. The number of benzene rings is 10. The van der Waals surface area contributed by atoms with Crippen LogP contribution in [0.3, 0.4) is 0 Å². The van der Waals surface area contributed by atoms with Gasteiger partial charge in [0.1, 0.15) is 22.5 Å². The molecule has 0 bridgehead atoms. The molecule has 0 aliphatic rings. The zero-order valence-corrected chi connectivity index (χ0v) is 33.0. The molecule has 0 spiro atoms. The Morgan fingerprint density at radius 2 is 0.803 bits per heavy atom. The quantitative estimate of drug-likeness (QED) is 0.163. The molecule has 0 saturated carbocycles. The Balaban J connectivity index is 1.04. The summed E-state index contributed by atoms with van der Waals surface area (Å²) < 4.78 is 15.9. The first-order valence-corrected chi connectivity index (χ1v) is 20.8. The maximum atomic E-state index is 6.85. The molecule has 0 aliphatic heterocycles. The minimum absolute atomic E-state index is 0.805. The average molecular weight is 778 g/mol. The van der Waals surface area contributed by atoms with Crippen LogP contribution in [-0.2, 0) is 0 Å². The van der Waals surface area contributed by atoms with Gasteiger partial charge in [-0.05, 0) is 104 Å². The van der Waals surface area contributed by atoms with Gasteiger partial charge >= 0.3 is 0 Å². The van der Waals surface area contributed by atoms with Gasteiger partial charge < -0.3 is 13.4 Å². The van der Waals surface area contributed by atoms with E-state index in [9.17, 15) is 0 Å². The SMILES string of the molecule is c1ccc(-c2oc3ccc4c5cc(-c6c7ccccc7c(-c7ccc8c(c7)c7ccccc7n8-c7ccccc7)c7ccccc67)ccc5oc4c3c2-c2ccccc2)cc1. The van der Waals surface area contributed by atoms with Crippen LogP contribution in [-0.4, -0.2) is 4.57 Å². The molecule has 3 nitrogen and oxygen atoms in total. The van der Waals surface area contributed by atoms with Crippen LogP contribution in [0.1, 0.15) is 0 Å². The molecule has 0 atom stereocenters. The van der Waals surface area contributed by atoms with E-state index in [1.54, 1.807) is 0 Å². The Morgan fingerprint density at radius 1 is 0.295 bits per heavy atom. The summed E-state index contributed by atoms with van der Waals surface area (Å²) in [5.74, 6) is 0.842. The lowest BCUT2D eigenvalue weighted by Gasteiger charge is -2.18. The number of para-hydroxylation sites is 2. The molecule has 13 aromatic rings. The van der Waals surface area contributed by atoms with Crippen LogP contribution in [0.2, 0.25) is 0 Å². The van der Waals surface area contributed by atoms with Gasteiger partial charge in [0.25, 0.3) is 0 Å². The van der Waals surface area contributed by atoms with Crippen LogP contribution >= 0.6 is 0 Å². The molecule has 0 amide bonds. The summed E-state index contributed by atoms with van der Waals surface area (Å²) in [6.07, 6.45) is 0. The van der Waals surface area contributed by atoms with Crippen molar-refractivity contribution in [1.82, 2.24) is 4.57 Å². The van der Waals surface area contributed by atoms with Crippen LogP contribution in [0.25, 0.3) is 127 Å². The first-order valence-electron chi connectivity index (χ1n) is 20.8. The maximum absolute atomic E-state index is 6.85. The van der Waals surface area contributed by atoms with Crippen molar-refractivity contribution in [1.29, 1.82) is 0 Å². The van der Waals surface area contributed by atoms with Crippen molar-refractivity contribution in [2.45, 2.75) is 0 Å². The first kappa shape index (κ1) is 33.8. The second kappa shape index (κ2) is 13.2. The fourth-order valence-corrected chi connectivity index (χ4v) is 9.98. The Morgan fingerprint density at radius 3 is 1.46 bits per heavy atom. The van der Waals surface area contributed by atoms with Gasteiger partial charge in [0.2, 0.25) is 0 Å². The van der Waals surface area contributed by atoms with Crippen LogP contribution < -0.4 is 0 Å². The highest BCUT2D eigenvalue weighted by molar-refractivity contribution is 6.24. The van der Waals surface area contributed by atoms with E-state index < -0.39 is 0 Å².